The molecule has 0 atom stereocenters. The van der Waals surface area contributed by atoms with E-state index in [1.54, 1.807) is 18.6 Å². The fourth-order valence-corrected chi connectivity index (χ4v) is 2.42. The summed E-state index contributed by atoms with van der Waals surface area (Å²) in [5.74, 6) is 2.00. The molecule has 1 saturated heterocycles. The summed E-state index contributed by atoms with van der Waals surface area (Å²) in [6.07, 6.45) is 7.29. The van der Waals surface area contributed by atoms with Crippen molar-refractivity contribution < 1.29 is 4.74 Å². The highest BCUT2D eigenvalue weighted by Crippen LogP contribution is 2.27. The smallest absolute Gasteiger partial charge is 0.237 e. The fourth-order valence-electron chi connectivity index (χ4n) is 2.42. The minimum absolute atomic E-state index is 0.525. The molecule has 98 valence electrons. The van der Waals surface area contributed by atoms with Crippen LogP contribution in [-0.4, -0.2) is 23.1 Å². The van der Waals surface area contributed by atoms with Gasteiger partial charge in [0.2, 0.25) is 5.88 Å². The SMILES string of the molecule is c1cnc(Oc2ccc(C3CCNCC3)cc2)cn1. The lowest BCUT2D eigenvalue weighted by molar-refractivity contribution is 0.453. The Hall–Kier alpha value is -1.94. The minimum Gasteiger partial charge on any atom is -0.438 e. The molecule has 4 heteroatoms. The Kier molecular flexibility index (Phi) is 3.70. The van der Waals surface area contributed by atoms with Gasteiger partial charge in [-0.3, -0.25) is 4.98 Å². The molecule has 0 amide bonds. The van der Waals surface area contributed by atoms with Crippen molar-refractivity contribution in [2.45, 2.75) is 18.8 Å². The number of hydrogen-bond donors (Lipinski definition) is 1. The number of rotatable bonds is 3. The van der Waals surface area contributed by atoms with Crippen molar-refractivity contribution in [2.24, 2.45) is 0 Å². The molecular weight excluding hydrogens is 238 g/mol. The van der Waals surface area contributed by atoms with E-state index >= 15 is 0 Å². The molecule has 0 unspecified atom stereocenters. The average molecular weight is 255 g/mol. The Balaban J connectivity index is 1.68. The summed E-state index contributed by atoms with van der Waals surface area (Å²) >= 11 is 0. The molecule has 1 N–H and O–H groups in total. The molecule has 19 heavy (non-hydrogen) atoms. The van der Waals surface area contributed by atoms with Gasteiger partial charge in [-0.25, -0.2) is 4.98 Å². The summed E-state index contributed by atoms with van der Waals surface area (Å²) in [4.78, 5) is 8.07. The van der Waals surface area contributed by atoms with Crippen LogP contribution >= 0.6 is 0 Å². The van der Waals surface area contributed by atoms with Crippen molar-refractivity contribution in [3.8, 4) is 11.6 Å². The first-order valence-electron chi connectivity index (χ1n) is 6.66. The van der Waals surface area contributed by atoms with Crippen molar-refractivity contribution >= 4 is 0 Å². The van der Waals surface area contributed by atoms with Crippen molar-refractivity contribution in [3.63, 3.8) is 0 Å². The van der Waals surface area contributed by atoms with Crippen LogP contribution in [0, 0.1) is 0 Å². The van der Waals surface area contributed by atoms with Gasteiger partial charge in [-0.15, -0.1) is 0 Å². The van der Waals surface area contributed by atoms with Gasteiger partial charge < -0.3 is 10.1 Å². The van der Waals surface area contributed by atoms with Gasteiger partial charge in [0.05, 0.1) is 6.20 Å². The quantitative estimate of drug-likeness (QED) is 0.916. The molecule has 0 spiro atoms. The van der Waals surface area contributed by atoms with Crippen molar-refractivity contribution in [1.82, 2.24) is 15.3 Å². The van der Waals surface area contributed by atoms with Crippen LogP contribution in [0.1, 0.15) is 24.3 Å². The number of nitrogens with one attached hydrogen (secondary N) is 1. The standard InChI is InChI=1S/C15H17N3O/c1-3-14(19-15-11-17-9-10-18-15)4-2-12(1)13-5-7-16-8-6-13/h1-4,9-11,13,16H,5-8H2. The van der Waals surface area contributed by atoms with Crippen LogP contribution in [0.5, 0.6) is 11.6 Å². The third-order valence-electron chi connectivity index (χ3n) is 3.45. The van der Waals surface area contributed by atoms with Crippen molar-refractivity contribution in [1.29, 1.82) is 0 Å². The maximum atomic E-state index is 5.63. The Morgan fingerprint density at radius 1 is 1.05 bits per heavy atom. The number of hydrogen-bond acceptors (Lipinski definition) is 4. The number of piperidine rings is 1. The molecule has 3 rings (SSSR count). The molecule has 0 bridgehead atoms. The van der Waals surface area contributed by atoms with Crippen LogP contribution in [0.2, 0.25) is 0 Å². The predicted octanol–water partition coefficient (Wildman–Crippen LogP) is 2.74. The molecule has 0 saturated carbocycles. The Morgan fingerprint density at radius 2 is 1.84 bits per heavy atom. The number of benzene rings is 1. The zero-order valence-electron chi connectivity index (χ0n) is 10.7. The Morgan fingerprint density at radius 3 is 2.53 bits per heavy atom. The van der Waals surface area contributed by atoms with E-state index in [-0.39, 0.29) is 0 Å². The largest absolute Gasteiger partial charge is 0.438 e. The van der Waals surface area contributed by atoms with Gasteiger partial charge in [-0.05, 0) is 49.5 Å². The number of aromatic nitrogens is 2. The lowest BCUT2D eigenvalue weighted by Gasteiger charge is -2.23. The Bertz CT molecular complexity index is 507. The third kappa shape index (κ3) is 3.09. The van der Waals surface area contributed by atoms with E-state index in [0.29, 0.717) is 11.8 Å². The number of nitrogens with zero attached hydrogens (tertiary/aromatic N) is 2. The van der Waals surface area contributed by atoms with Gasteiger partial charge in [-0.1, -0.05) is 12.1 Å². The second-order valence-electron chi connectivity index (χ2n) is 4.74. The van der Waals surface area contributed by atoms with Gasteiger partial charge in [0, 0.05) is 12.4 Å². The minimum atomic E-state index is 0.525. The first kappa shape index (κ1) is 12.1. The molecule has 1 aliphatic heterocycles. The number of ether oxygens (including phenoxy) is 1. The summed E-state index contributed by atoms with van der Waals surface area (Å²) < 4.78 is 5.63. The molecule has 0 aliphatic carbocycles. The van der Waals surface area contributed by atoms with Crippen LogP contribution in [0.4, 0.5) is 0 Å². The Labute approximate surface area is 112 Å². The summed E-state index contributed by atoms with van der Waals surface area (Å²) in [5, 5.41) is 3.39. The molecule has 2 heterocycles. The zero-order chi connectivity index (χ0) is 12.9. The fraction of sp³-hybridized carbons (Fsp3) is 0.333. The predicted molar refractivity (Wildman–Crippen MR) is 73.4 cm³/mol. The van der Waals surface area contributed by atoms with E-state index in [4.69, 9.17) is 4.74 Å². The van der Waals surface area contributed by atoms with Crippen molar-refractivity contribution in [2.75, 3.05) is 13.1 Å². The second-order valence-corrected chi connectivity index (χ2v) is 4.74. The zero-order valence-corrected chi connectivity index (χ0v) is 10.7. The first-order valence-corrected chi connectivity index (χ1v) is 6.66. The maximum Gasteiger partial charge on any atom is 0.237 e. The average Bonchev–Trinajstić information content (AvgIpc) is 2.50. The van der Waals surface area contributed by atoms with Gasteiger partial charge in [0.15, 0.2) is 0 Å². The third-order valence-corrected chi connectivity index (χ3v) is 3.45. The van der Waals surface area contributed by atoms with E-state index in [1.807, 2.05) is 12.1 Å². The maximum absolute atomic E-state index is 5.63. The van der Waals surface area contributed by atoms with E-state index in [0.717, 1.165) is 18.8 Å². The van der Waals surface area contributed by atoms with E-state index in [1.165, 1.54) is 18.4 Å². The van der Waals surface area contributed by atoms with Gasteiger partial charge in [0.25, 0.3) is 0 Å². The lowest BCUT2D eigenvalue weighted by Crippen LogP contribution is -2.26. The summed E-state index contributed by atoms with van der Waals surface area (Å²) in [5.41, 5.74) is 1.40. The van der Waals surface area contributed by atoms with Gasteiger partial charge in [0.1, 0.15) is 5.75 Å². The summed E-state index contributed by atoms with van der Waals surface area (Å²) in [7, 11) is 0. The highest BCUT2D eigenvalue weighted by atomic mass is 16.5. The van der Waals surface area contributed by atoms with Crippen LogP contribution in [0.25, 0.3) is 0 Å². The first-order chi connectivity index (χ1) is 9.42. The molecule has 4 nitrogen and oxygen atoms in total. The molecule has 1 aromatic carbocycles. The van der Waals surface area contributed by atoms with Crippen LogP contribution in [-0.2, 0) is 0 Å². The highest BCUT2D eigenvalue weighted by molar-refractivity contribution is 5.31. The van der Waals surface area contributed by atoms with Crippen molar-refractivity contribution in [3.05, 3.63) is 48.4 Å². The second kappa shape index (κ2) is 5.80. The van der Waals surface area contributed by atoms with Gasteiger partial charge >= 0.3 is 0 Å². The van der Waals surface area contributed by atoms with E-state index in [9.17, 15) is 0 Å². The lowest BCUT2D eigenvalue weighted by atomic mass is 9.90. The summed E-state index contributed by atoms with van der Waals surface area (Å²) in [6, 6.07) is 8.32. The van der Waals surface area contributed by atoms with Gasteiger partial charge in [-0.2, -0.15) is 0 Å². The summed E-state index contributed by atoms with van der Waals surface area (Å²) in [6.45, 7) is 2.23. The molecular formula is C15H17N3O. The van der Waals surface area contributed by atoms with Crippen LogP contribution < -0.4 is 10.1 Å². The molecule has 1 aliphatic rings. The molecule has 1 fully saturated rings. The normalized spacial score (nSPS) is 16.2. The molecule has 1 aromatic heterocycles. The van der Waals surface area contributed by atoms with E-state index in [2.05, 4.69) is 27.4 Å². The van der Waals surface area contributed by atoms with E-state index < -0.39 is 0 Å². The topological polar surface area (TPSA) is 47.0 Å². The molecule has 0 radical (unpaired) electrons. The highest BCUT2D eigenvalue weighted by Gasteiger charge is 2.14. The monoisotopic (exact) mass is 255 g/mol. The van der Waals surface area contributed by atoms with Crippen LogP contribution in [0.15, 0.2) is 42.9 Å². The molecule has 2 aromatic rings. The van der Waals surface area contributed by atoms with Crippen LogP contribution in [0.3, 0.4) is 0 Å².